The number of nitrogens with one attached hydrogen (secondary N) is 1. The van der Waals surface area contributed by atoms with E-state index in [0.717, 1.165) is 60.0 Å². The summed E-state index contributed by atoms with van der Waals surface area (Å²) in [5.41, 5.74) is 2.87. The lowest BCUT2D eigenvalue weighted by atomic mass is 10.0. The molecule has 7 heteroatoms. The van der Waals surface area contributed by atoms with Gasteiger partial charge in [-0.1, -0.05) is 24.3 Å². The van der Waals surface area contributed by atoms with Crippen LogP contribution in [0.25, 0.3) is 16.7 Å². The summed E-state index contributed by atoms with van der Waals surface area (Å²) in [4.78, 5) is 16.0. The molecule has 1 aliphatic rings. The molecule has 1 fully saturated rings. The molecule has 0 radical (unpaired) electrons. The first-order chi connectivity index (χ1) is 14.3. The molecule has 0 unspecified atom stereocenters. The molecule has 1 aliphatic heterocycles. The Hall–Kier alpha value is -3.48. The van der Waals surface area contributed by atoms with E-state index in [1.807, 2.05) is 66.3 Å². The van der Waals surface area contributed by atoms with E-state index in [4.69, 9.17) is 0 Å². The Bertz CT molecular complexity index is 1110. The first-order valence-electron chi connectivity index (χ1n) is 9.97. The van der Waals surface area contributed by atoms with E-state index in [1.54, 1.807) is 6.33 Å². The van der Waals surface area contributed by atoms with E-state index in [-0.39, 0.29) is 0 Å². The van der Waals surface area contributed by atoms with E-state index < -0.39 is 0 Å². The van der Waals surface area contributed by atoms with Gasteiger partial charge in [-0.15, -0.1) is 0 Å². The Morgan fingerprint density at radius 3 is 2.59 bits per heavy atom. The van der Waals surface area contributed by atoms with Crippen molar-refractivity contribution in [2.45, 2.75) is 25.8 Å². The van der Waals surface area contributed by atoms with Crippen LogP contribution in [0.1, 0.15) is 18.5 Å². The van der Waals surface area contributed by atoms with Gasteiger partial charge in [0.15, 0.2) is 5.65 Å². The fourth-order valence-corrected chi connectivity index (χ4v) is 3.91. The highest BCUT2D eigenvalue weighted by Gasteiger charge is 2.23. The number of hydrogen-bond donors (Lipinski definition) is 1. The number of fused-ring (bicyclic) bond motifs is 1. The quantitative estimate of drug-likeness (QED) is 0.579. The second-order valence-electron chi connectivity index (χ2n) is 7.40. The largest absolute Gasteiger partial charge is 0.367 e. The van der Waals surface area contributed by atoms with Crippen molar-refractivity contribution in [3.05, 3.63) is 66.7 Å². The first kappa shape index (κ1) is 17.6. The third-order valence-electron chi connectivity index (χ3n) is 5.38. The van der Waals surface area contributed by atoms with Gasteiger partial charge in [-0.05, 0) is 44.0 Å². The van der Waals surface area contributed by atoms with Crippen LogP contribution in [-0.4, -0.2) is 43.9 Å². The van der Waals surface area contributed by atoms with E-state index in [0.29, 0.717) is 6.04 Å². The molecule has 1 aromatic carbocycles. The number of anilines is 2. The van der Waals surface area contributed by atoms with Gasteiger partial charge in [0.1, 0.15) is 18.0 Å². The third-order valence-corrected chi connectivity index (χ3v) is 5.38. The summed E-state index contributed by atoms with van der Waals surface area (Å²) in [6.07, 6.45) is 5.58. The van der Waals surface area contributed by atoms with Gasteiger partial charge < -0.3 is 10.2 Å². The average Bonchev–Trinajstić information content (AvgIpc) is 3.19. The number of hydrogen-bond acceptors (Lipinski definition) is 6. The molecular weight excluding hydrogens is 362 g/mol. The molecule has 4 aromatic rings. The smallest absolute Gasteiger partial charge is 0.168 e. The van der Waals surface area contributed by atoms with Gasteiger partial charge in [0.05, 0.1) is 17.3 Å². The van der Waals surface area contributed by atoms with Crippen LogP contribution in [0, 0.1) is 6.92 Å². The van der Waals surface area contributed by atoms with Crippen molar-refractivity contribution in [3.63, 3.8) is 0 Å². The highest BCUT2D eigenvalue weighted by atomic mass is 15.3. The van der Waals surface area contributed by atoms with Crippen LogP contribution in [0.5, 0.6) is 0 Å². The molecule has 5 rings (SSSR count). The molecule has 0 saturated carbocycles. The Morgan fingerprint density at radius 1 is 0.966 bits per heavy atom. The van der Waals surface area contributed by atoms with Crippen LogP contribution in [0.4, 0.5) is 11.6 Å². The zero-order chi connectivity index (χ0) is 19.6. The summed E-state index contributed by atoms with van der Waals surface area (Å²) in [5, 5.41) is 9.13. The number of aromatic nitrogens is 5. The van der Waals surface area contributed by atoms with Gasteiger partial charge in [-0.3, -0.25) is 0 Å². The van der Waals surface area contributed by atoms with Crippen molar-refractivity contribution in [2.75, 3.05) is 23.3 Å². The van der Waals surface area contributed by atoms with Crippen molar-refractivity contribution < 1.29 is 0 Å². The summed E-state index contributed by atoms with van der Waals surface area (Å²) >= 11 is 0. The maximum atomic E-state index is 4.59. The maximum Gasteiger partial charge on any atom is 0.168 e. The molecule has 29 heavy (non-hydrogen) atoms. The molecule has 1 N–H and O–H groups in total. The van der Waals surface area contributed by atoms with Crippen molar-refractivity contribution >= 4 is 22.7 Å². The van der Waals surface area contributed by atoms with Crippen LogP contribution >= 0.6 is 0 Å². The number of benzene rings is 1. The van der Waals surface area contributed by atoms with Gasteiger partial charge in [0, 0.05) is 24.8 Å². The Kier molecular flexibility index (Phi) is 4.56. The summed E-state index contributed by atoms with van der Waals surface area (Å²) in [6, 6.07) is 16.6. The van der Waals surface area contributed by atoms with Crippen LogP contribution in [0.3, 0.4) is 0 Å². The van der Waals surface area contributed by atoms with Gasteiger partial charge in [-0.25, -0.2) is 19.6 Å². The summed E-state index contributed by atoms with van der Waals surface area (Å²) in [6.45, 7) is 3.89. The molecule has 0 bridgehead atoms. The lowest BCUT2D eigenvalue weighted by Crippen LogP contribution is -2.39. The fourth-order valence-electron chi connectivity index (χ4n) is 3.91. The van der Waals surface area contributed by atoms with Crippen molar-refractivity contribution in [3.8, 4) is 5.69 Å². The Labute approximate surface area is 169 Å². The number of para-hydroxylation sites is 1. The second kappa shape index (κ2) is 7.50. The topological polar surface area (TPSA) is 71.8 Å². The molecule has 4 heterocycles. The minimum Gasteiger partial charge on any atom is -0.367 e. The molecule has 0 amide bonds. The summed E-state index contributed by atoms with van der Waals surface area (Å²) in [7, 11) is 0. The maximum absolute atomic E-state index is 4.59. The molecule has 7 nitrogen and oxygen atoms in total. The van der Waals surface area contributed by atoms with Crippen LogP contribution in [0.15, 0.2) is 61.1 Å². The zero-order valence-electron chi connectivity index (χ0n) is 16.4. The number of pyridine rings is 1. The van der Waals surface area contributed by atoms with Gasteiger partial charge in [0.25, 0.3) is 0 Å². The van der Waals surface area contributed by atoms with Crippen molar-refractivity contribution in [1.82, 2.24) is 24.7 Å². The standard InChI is InChI=1S/C22H23N7/c1-16-6-5-9-20(26-16)27-17-10-12-28(13-11-17)21-19-14-25-29(22(19)24-15-23-21)18-7-3-2-4-8-18/h2-9,14-15,17H,10-13H2,1H3,(H,26,27). The molecule has 0 aliphatic carbocycles. The number of rotatable bonds is 4. The van der Waals surface area contributed by atoms with Crippen molar-refractivity contribution in [2.24, 2.45) is 0 Å². The summed E-state index contributed by atoms with van der Waals surface area (Å²) < 4.78 is 1.87. The lowest BCUT2D eigenvalue weighted by Gasteiger charge is -2.33. The predicted molar refractivity (Wildman–Crippen MR) is 114 cm³/mol. The van der Waals surface area contributed by atoms with Crippen LogP contribution in [0.2, 0.25) is 0 Å². The van der Waals surface area contributed by atoms with Crippen molar-refractivity contribution in [1.29, 1.82) is 0 Å². The lowest BCUT2D eigenvalue weighted by molar-refractivity contribution is 0.523. The van der Waals surface area contributed by atoms with E-state index in [1.165, 1.54) is 0 Å². The number of nitrogens with zero attached hydrogens (tertiary/aromatic N) is 6. The Balaban J connectivity index is 1.34. The molecule has 1 saturated heterocycles. The molecule has 3 aromatic heterocycles. The minimum absolute atomic E-state index is 0.421. The first-order valence-corrected chi connectivity index (χ1v) is 9.97. The Morgan fingerprint density at radius 2 is 1.79 bits per heavy atom. The normalized spacial score (nSPS) is 15.0. The number of piperidine rings is 1. The van der Waals surface area contributed by atoms with E-state index >= 15 is 0 Å². The van der Waals surface area contributed by atoms with Gasteiger partial charge in [-0.2, -0.15) is 5.10 Å². The molecule has 146 valence electrons. The highest BCUT2D eigenvalue weighted by Crippen LogP contribution is 2.27. The number of aryl methyl sites for hydroxylation is 1. The minimum atomic E-state index is 0.421. The average molecular weight is 385 g/mol. The van der Waals surface area contributed by atoms with E-state index in [2.05, 4.69) is 30.3 Å². The molecular formula is C22H23N7. The monoisotopic (exact) mass is 385 g/mol. The van der Waals surface area contributed by atoms with E-state index in [9.17, 15) is 0 Å². The third kappa shape index (κ3) is 3.51. The zero-order valence-corrected chi connectivity index (χ0v) is 16.4. The van der Waals surface area contributed by atoms with Gasteiger partial charge in [0.2, 0.25) is 0 Å². The highest BCUT2D eigenvalue weighted by molar-refractivity contribution is 5.87. The van der Waals surface area contributed by atoms with Crippen LogP contribution < -0.4 is 10.2 Å². The summed E-state index contributed by atoms with van der Waals surface area (Å²) in [5.74, 6) is 1.92. The second-order valence-corrected chi connectivity index (χ2v) is 7.40. The SMILES string of the molecule is Cc1cccc(NC2CCN(c3ncnc4c3cnn4-c3ccccc3)CC2)n1. The fraction of sp³-hybridized carbons (Fsp3) is 0.273. The molecule has 0 atom stereocenters. The predicted octanol–water partition coefficient (Wildman–Crippen LogP) is 3.60. The van der Waals surface area contributed by atoms with Gasteiger partial charge >= 0.3 is 0 Å². The van der Waals surface area contributed by atoms with Crippen LogP contribution in [-0.2, 0) is 0 Å². The molecule has 0 spiro atoms.